The maximum atomic E-state index is 12.1. The van der Waals surface area contributed by atoms with Gasteiger partial charge in [-0.1, -0.05) is 12.1 Å². The molecule has 2 aromatic carbocycles. The van der Waals surface area contributed by atoms with Crippen LogP contribution in [0.15, 0.2) is 64.1 Å². The highest BCUT2D eigenvalue weighted by molar-refractivity contribution is 6.00. The number of rotatable bonds is 4. The van der Waals surface area contributed by atoms with Crippen LogP contribution in [0.25, 0.3) is 44.5 Å². The van der Waals surface area contributed by atoms with Crippen LogP contribution in [0.3, 0.4) is 0 Å². The lowest BCUT2D eigenvalue weighted by atomic mass is 10.0. The van der Waals surface area contributed by atoms with Crippen LogP contribution < -0.4 is 15.8 Å². The molecule has 0 atom stereocenters. The Labute approximate surface area is 177 Å². The Morgan fingerprint density at radius 1 is 1.10 bits per heavy atom. The molecule has 0 amide bonds. The third kappa shape index (κ3) is 3.00. The first kappa shape index (κ1) is 18.8. The van der Waals surface area contributed by atoms with Crippen LogP contribution in [0.5, 0.6) is 5.75 Å². The molecule has 1 N–H and O–H groups in total. The molecule has 0 saturated carbocycles. The van der Waals surface area contributed by atoms with Crippen molar-refractivity contribution < 1.29 is 9.15 Å². The standard InChI is InChI=1S/C23H19N5O3/c1-24-22-16-10-14(15-7-4-8-17-20(15)31-23(29)28(17)2)11-18(30-3)19(16)26-21(27-22)13-6-5-9-25-12-13/h4-12H,1-3H3,(H,24,26,27). The van der Waals surface area contributed by atoms with Crippen molar-refractivity contribution in [2.24, 2.45) is 7.05 Å². The fourth-order valence-corrected chi connectivity index (χ4v) is 3.70. The first-order valence-electron chi connectivity index (χ1n) is 9.67. The predicted octanol–water partition coefficient (Wildman–Crippen LogP) is 3.85. The quantitative estimate of drug-likeness (QED) is 0.478. The van der Waals surface area contributed by atoms with Gasteiger partial charge in [0.15, 0.2) is 11.4 Å². The number of nitrogens with one attached hydrogen (secondary N) is 1. The van der Waals surface area contributed by atoms with Crippen molar-refractivity contribution >= 4 is 27.8 Å². The van der Waals surface area contributed by atoms with Crippen LogP contribution in [-0.4, -0.2) is 33.7 Å². The third-order valence-corrected chi connectivity index (χ3v) is 5.27. The summed E-state index contributed by atoms with van der Waals surface area (Å²) < 4.78 is 12.7. The van der Waals surface area contributed by atoms with E-state index in [-0.39, 0.29) is 0 Å². The minimum Gasteiger partial charge on any atom is -0.494 e. The maximum absolute atomic E-state index is 12.1. The van der Waals surface area contributed by atoms with Gasteiger partial charge in [0.1, 0.15) is 17.1 Å². The molecule has 0 aliphatic heterocycles. The molecule has 0 spiro atoms. The summed E-state index contributed by atoms with van der Waals surface area (Å²) in [6.45, 7) is 0. The molecule has 5 rings (SSSR count). The molecule has 3 heterocycles. The molecule has 0 saturated heterocycles. The van der Waals surface area contributed by atoms with Gasteiger partial charge in [0.25, 0.3) is 0 Å². The Morgan fingerprint density at radius 2 is 1.97 bits per heavy atom. The molecule has 0 radical (unpaired) electrons. The summed E-state index contributed by atoms with van der Waals surface area (Å²) >= 11 is 0. The second-order valence-corrected chi connectivity index (χ2v) is 7.04. The molecule has 0 unspecified atom stereocenters. The summed E-state index contributed by atoms with van der Waals surface area (Å²) in [6, 6.07) is 13.3. The SMILES string of the molecule is CNc1nc(-c2cccnc2)nc2c(OC)cc(-c3cccc4c3oc(=O)n4C)cc12. The molecule has 0 aliphatic rings. The monoisotopic (exact) mass is 413 g/mol. The molecule has 8 heteroatoms. The van der Waals surface area contributed by atoms with Crippen molar-refractivity contribution in [2.75, 3.05) is 19.5 Å². The van der Waals surface area contributed by atoms with Gasteiger partial charge in [-0.3, -0.25) is 9.55 Å². The van der Waals surface area contributed by atoms with Crippen molar-refractivity contribution in [1.29, 1.82) is 0 Å². The number of hydrogen-bond donors (Lipinski definition) is 1. The van der Waals surface area contributed by atoms with E-state index in [0.717, 1.165) is 27.6 Å². The van der Waals surface area contributed by atoms with Gasteiger partial charge in [-0.05, 0) is 35.9 Å². The normalized spacial score (nSPS) is 11.2. The fraction of sp³-hybridized carbons (Fsp3) is 0.130. The van der Waals surface area contributed by atoms with E-state index >= 15 is 0 Å². The molecule has 154 valence electrons. The summed E-state index contributed by atoms with van der Waals surface area (Å²) in [4.78, 5) is 25.7. The number of methoxy groups -OCH3 is 1. The van der Waals surface area contributed by atoms with Gasteiger partial charge in [0.2, 0.25) is 0 Å². The number of fused-ring (bicyclic) bond motifs is 2. The number of aromatic nitrogens is 4. The highest BCUT2D eigenvalue weighted by atomic mass is 16.5. The number of ether oxygens (including phenoxy) is 1. The van der Waals surface area contributed by atoms with E-state index < -0.39 is 5.76 Å². The molecular weight excluding hydrogens is 394 g/mol. The number of pyridine rings is 1. The smallest absolute Gasteiger partial charge is 0.419 e. The second-order valence-electron chi connectivity index (χ2n) is 7.04. The zero-order valence-corrected chi connectivity index (χ0v) is 17.2. The Bertz CT molecular complexity index is 1490. The van der Waals surface area contributed by atoms with Gasteiger partial charge >= 0.3 is 5.76 Å². The van der Waals surface area contributed by atoms with Crippen molar-refractivity contribution in [3.63, 3.8) is 0 Å². The Morgan fingerprint density at radius 3 is 2.71 bits per heavy atom. The Balaban J connectivity index is 1.80. The number of anilines is 1. The van der Waals surface area contributed by atoms with E-state index in [1.807, 2.05) is 49.5 Å². The van der Waals surface area contributed by atoms with Gasteiger partial charge < -0.3 is 14.5 Å². The van der Waals surface area contributed by atoms with Gasteiger partial charge in [0.05, 0.1) is 12.6 Å². The number of oxazole rings is 1. The van der Waals surface area contributed by atoms with Crippen molar-refractivity contribution in [2.45, 2.75) is 0 Å². The van der Waals surface area contributed by atoms with Crippen LogP contribution in [0.2, 0.25) is 0 Å². The van der Waals surface area contributed by atoms with E-state index in [0.29, 0.717) is 28.5 Å². The summed E-state index contributed by atoms with van der Waals surface area (Å²) in [6.07, 6.45) is 3.43. The fourth-order valence-electron chi connectivity index (χ4n) is 3.70. The van der Waals surface area contributed by atoms with E-state index in [4.69, 9.17) is 14.1 Å². The van der Waals surface area contributed by atoms with E-state index in [1.165, 1.54) is 4.57 Å². The first-order valence-corrected chi connectivity index (χ1v) is 9.67. The Kier molecular flexibility index (Phi) is 4.39. The van der Waals surface area contributed by atoms with Gasteiger partial charge in [-0.15, -0.1) is 0 Å². The number of hydrogen-bond acceptors (Lipinski definition) is 7. The van der Waals surface area contributed by atoms with Gasteiger partial charge in [-0.2, -0.15) is 0 Å². The molecule has 3 aromatic heterocycles. The lowest BCUT2D eigenvalue weighted by Crippen LogP contribution is -2.08. The average Bonchev–Trinajstić information content (AvgIpc) is 3.11. The van der Waals surface area contributed by atoms with E-state index in [1.54, 1.807) is 26.6 Å². The number of nitrogens with zero attached hydrogens (tertiary/aromatic N) is 4. The average molecular weight is 413 g/mol. The number of benzene rings is 2. The van der Waals surface area contributed by atoms with E-state index in [9.17, 15) is 4.79 Å². The molecule has 0 bridgehead atoms. The molecular formula is C23H19N5O3. The van der Waals surface area contributed by atoms with Crippen LogP contribution in [0.4, 0.5) is 5.82 Å². The lowest BCUT2D eigenvalue weighted by Gasteiger charge is -2.13. The highest BCUT2D eigenvalue weighted by Gasteiger charge is 2.18. The Hall–Kier alpha value is -4.20. The van der Waals surface area contributed by atoms with Crippen LogP contribution >= 0.6 is 0 Å². The van der Waals surface area contributed by atoms with Crippen molar-refractivity contribution in [3.05, 3.63) is 65.4 Å². The zero-order chi connectivity index (χ0) is 21.5. The van der Waals surface area contributed by atoms with Crippen molar-refractivity contribution in [3.8, 4) is 28.3 Å². The minimum absolute atomic E-state index is 0.407. The number of para-hydroxylation sites is 1. The molecule has 0 aliphatic carbocycles. The highest BCUT2D eigenvalue weighted by Crippen LogP contribution is 2.37. The third-order valence-electron chi connectivity index (χ3n) is 5.27. The summed E-state index contributed by atoms with van der Waals surface area (Å²) in [7, 11) is 5.10. The molecule has 5 aromatic rings. The summed E-state index contributed by atoms with van der Waals surface area (Å²) in [5, 5.41) is 3.95. The van der Waals surface area contributed by atoms with Gasteiger partial charge in [0, 0.05) is 43.0 Å². The predicted molar refractivity (Wildman–Crippen MR) is 119 cm³/mol. The first-order chi connectivity index (χ1) is 15.1. The summed E-state index contributed by atoms with van der Waals surface area (Å²) in [5.74, 6) is 1.39. The van der Waals surface area contributed by atoms with Crippen LogP contribution in [0.1, 0.15) is 0 Å². The zero-order valence-electron chi connectivity index (χ0n) is 17.2. The van der Waals surface area contributed by atoms with Gasteiger partial charge in [-0.25, -0.2) is 14.8 Å². The molecule has 31 heavy (non-hydrogen) atoms. The minimum atomic E-state index is -0.407. The largest absolute Gasteiger partial charge is 0.494 e. The maximum Gasteiger partial charge on any atom is 0.419 e. The van der Waals surface area contributed by atoms with Crippen LogP contribution in [0, 0.1) is 0 Å². The van der Waals surface area contributed by atoms with E-state index in [2.05, 4.69) is 15.3 Å². The number of aryl methyl sites for hydroxylation is 1. The molecule has 0 fully saturated rings. The lowest BCUT2D eigenvalue weighted by molar-refractivity contribution is 0.419. The topological polar surface area (TPSA) is 95.1 Å². The molecule has 8 nitrogen and oxygen atoms in total. The summed E-state index contributed by atoms with van der Waals surface area (Å²) in [5.41, 5.74) is 4.34. The van der Waals surface area contributed by atoms with Crippen LogP contribution in [-0.2, 0) is 7.05 Å². The second kappa shape index (κ2) is 7.24. The van der Waals surface area contributed by atoms with Crippen molar-refractivity contribution in [1.82, 2.24) is 19.5 Å².